The maximum atomic E-state index is 11.6. The van der Waals surface area contributed by atoms with Crippen molar-refractivity contribution in [2.24, 2.45) is 11.8 Å². The van der Waals surface area contributed by atoms with Gasteiger partial charge in [0.2, 0.25) is 0 Å². The first-order chi connectivity index (χ1) is 7.63. The molecule has 0 spiro atoms. The number of piperidine rings is 1. The minimum Gasteiger partial charge on any atom is -0.465 e. The highest BCUT2D eigenvalue weighted by atomic mass is 16.5. The number of nitrogens with one attached hydrogen (secondary N) is 1. The first-order valence-corrected chi connectivity index (χ1v) is 6.55. The van der Waals surface area contributed by atoms with Crippen LogP contribution < -0.4 is 5.32 Å². The predicted molar refractivity (Wildman–Crippen MR) is 63.1 cm³/mol. The van der Waals surface area contributed by atoms with Crippen LogP contribution in [0.3, 0.4) is 0 Å². The Kier molecular flexibility index (Phi) is 3.85. The molecule has 0 aromatic rings. The van der Waals surface area contributed by atoms with E-state index in [-0.39, 0.29) is 5.97 Å². The van der Waals surface area contributed by atoms with Crippen molar-refractivity contribution in [2.45, 2.75) is 58.0 Å². The van der Waals surface area contributed by atoms with Crippen LogP contribution in [0.5, 0.6) is 0 Å². The van der Waals surface area contributed by atoms with Crippen LogP contribution in [-0.4, -0.2) is 24.7 Å². The molecule has 3 nitrogen and oxygen atoms in total. The lowest BCUT2D eigenvalue weighted by molar-refractivity contribution is -0.146. The van der Waals surface area contributed by atoms with Gasteiger partial charge < -0.3 is 10.1 Å². The van der Waals surface area contributed by atoms with E-state index < -0.39 is 0 Å². The lowest BCUT2D eigenvalue weighted by Crippen LogP contribution is -2.38. The van der Waals surface area contributed by atoms with Gasteiger partial charge in [-0.3, -0.25) is 4.79 Å². The van der Waals surface area contributed by atoms with Crippen molar-refractivity contribution >= 4 is 5.97 Å². The second kappa shape index (κ2) is 5.17. The molecule has 2 atom stereocenters. The second-order valence-corrected chi connectivity index (χ2v) is 5.76. The highest BCUT2D eigenvalue weighted by molar-refractivity contribution is 5.69. The summed E-state index contributed by atoms with van der Waals surface area (Å²) < 4.78 is 5.24. The summed E-state index contributed by atoms with van der Waals surface area (Å²) in [5, 5.41) is 3.59. The van der Waals surface area contributed by atoms with Crippen LogP contribution in [0.25, 0.3) is 0 Å². The van der Waals surface area contributed by atoms with Crippen LogP contribution in [0, 0.1) is 11.8 Å². The molecule has 2 unspecified atom stereocenters. The molecule has 0 amide bonds. The molecule has 0 saturated carbocycles. The largest absolute Gasteiger partial charge is 0.465 e. The molecule has 2 bridgehead atoms. The number of esters is 1. The third-order valence-corrected chi connectivity index (χ3v) is 3.60. The molecule has 92 valence electrons. The van der Waals surface area contributed by atoms with E-state index in [1.165, 1.54) is 12.8 Å². The number of carbonyl (C=O) groups is 1. The van der Waals surface area contributed by atoms with E-state index in [1.807, 2.05) is 0 Å². The minimum absolute atomic E-state index is 0.000000000000000444. The smallest absolute Gasteiger partial charge is 0.306 e. The number of hydrogen-bond donors (Lipinski definition) is 1. The third kappa shape index (κ3) is 3.21. The van der Waals surface area contributed by atoms with Crippen LogP contribution in [0.4, 0.5) is 0 Å². The third-order valence-electron chi connectivity index (χ3n) is 3.60. The summed E-state index contributed by atoms with van der Waals surface area (Å²) in [4.78, 5) is 11.6. The quantitative estimate of drug-likeness (QED) is 0.745. The maximum Gasteiger partial charge on any atom is 0.306 e. The van der Waals surface area contributed by atoms with Gasteiger partial charge in [0.15, 0.2) is 0 Å². The van der Waals surface area contributed by atoms with Crippen molar-refractivity contribution in [1.82, 2.24) is 5.32 Å². The number of ether oxygens (including phenoxy) is 1. The van der Waals surface area contributed by atoms with Crippen molar-refractivity contribution in [3.05, 3.63) is 0 Å². The van der Waals surface area contributed by atoms with Gasteiger partial charge in [0.05, 0.1) is 6.61 Å². The Balaban J connectivity index is 1.71. The number of rotatable bonds is 4. The molecule has 0 aliphatic carbocycles. The summed E-state index contributed by atoms with van der Waals surface area (Å²) >= 11 is 0. The van der Waals surface area contributed by atoms with Crippen LogP contribution in [-0.2, 0) is 9.53 Å². The lowest BCUT2D eigenvalue weighted by atomic mass is 9.90. The molecular formula is C13H23NO2. The Labute approximate surface area is 97.9 Å². The van der Waals surface area contributed by atoms with Crippen molar-refractivity contribution in [1.29, 1.82) is 0 Å². The van der Waals surface area contributed by atoms with Crippen LogP contribution >= 0.6 is 0 Å². The Morgan fingerprint density at radius 3 is 2.50 bits per heavy atom. The first kappa shape index (κ1) is 11.9. The molecule has 0 aromatic carbocycles. The first-order valence-electron chi connectivity index (χ1n) is 6.55. The number of fused-ring (bicyclic) bond motifs is 2. The van der Waals surface area contributed by atoms with Crippen molar-refractivity contribution in [3.8, 4) is 0 Å². The zero-order chi connectivity index (χ0) is 11.5. The monoisotopic (exact) mass is 225 g/mol. The molecule has 2 saturated heterocycles. The van der Waals surface area contributed by atoms with E-state index >= 15 is 0 Å². The average Bonchev–Trinajstić information content (AvgIpc) is 2.55. The van der Waals surface area contributed by atoms with E-state index in [1.54, 1.807) is 0 Å². The molecule has 16 heavy (non-hydrogen) atoms. The van der Waals surface area contributed by atoms with Gasteiger partial charge in [0.25, 0.3) is 0 Å². The molecule has 0 aromatic heterocycles. The van der Waals surface area contributed by atoms with Gasteiger partial charge in [-0.05, 0) is 37.5 Å². The minimum atomic E-state index is 0.000000000000000444. The Morgan fingerprint density at radius 1 is 1.31 bits per heavy atom. The van der Waals surface area contributed by atoms with Gasteiger partial charge in [0.1, 0.15) is 0 Å². The van der Waals surface area contributed by atoms with Crippen molar-refractivity contribution in [3.63, 3.8) is 0 Å². The molecular weight excluding hydrogens is 202 g/mol. The van der Waals surface area contributed by atoms with Gasteiger partial charge in [-0.2, -0.15) is 0 Å². The van der Waals surface area contributed by atoms with Gasteiger partial charge in [-0.25, -0.2) is 0 Å². The van der Waals surface area contributed by atoms with E-state index in [2.05, 4.69) is 19.2 Å². The maximum absolute atomic E-state index is 11.6. The van der Waals surface area contributed by atoms with Crippen molar-refractivity contribution < 1.29 is 9.53 Å². The van der Waals surface area contributed by atoms with Crippen LogP contribution in [0.15, 0.2) is 0 Å². The number of hydrogen-bond acceptors (Lipinski definition) is 3. The fourth-order valence-electron chi connectivity index (χ4n) is 2.90. The lowest BCUT2D eigenvalue weighted by Gasteiger charge is -2.28. The summed E-state index contributed by atoms with van der Waals surface area (Å²) in [7, 11) is 0. The van der Waals surface area contributed by atoms with Gasteiger partial charge >= 0.3 is 5.97 Å². The van der Waals surface area contributed by atoms with E-state index in [0.717, 1.165) is 12.8 Å². The van der Waals surface area contributed by atoms with Crippen LogP contribution in [0.2, 0.25) is 0 Å². The van der Waals surface area contributed by atoms with Gasteiger partial charge in [0, 0.05) is 18.5 Å². The highest BCUT2D eigenvalue weighted by Crippen LogP contribution is 2.32. The van der Waals surface area contributed by atoms with E-state index in [4.69, 9.17) is 4.74 Å². The molecule has 2 aliphatic rings. The zero-order valence-corrected chi connectivity index (χ0v) is 10.4. The Hall–Kier alpha value is -0.570. The molecule has 1 N–H and O–H groups in total. The molecule has 3 heteroatoms. The fraction of sp³-hybridized carbons (Fsp3) is 0.923. The Bertz CT molecular complexity index is 240. The molecule has 2 heterocycles. The second-order valence-electron chi connectivity index (χ2n) is 5.76. The standard InChI is InChI=1S/C13H23NO2/c1-9(2)8-16-13(15)7-10-5-11-3-4-12(6-10)14-11/h9-12,14H,3-8H2,1-2H3. The van der Waals surface area contributed by atoms with E-state index in [0.29, 0.717) is 36.9 Å². The highest BCUT2D eigenvalue weighted by Gasteiger charge is 2.34. The average molecular weight is 225 g/mol. The van der Waals surface area contributed by atoms with Crippen LogP contribution in [0.1, 0.15) is 46.0 Å². The zero-order valence-electron chi connectivity index (χ0n) is 10.4. The normalized spacial score (nSPS) is 33.1. The summed E-state index contributed by atoms with van der Waals surface area (Å²) in [6, 6.07) is 1.34. The number of carbonyl (C=O) groups excluding carboxylic acids is 1. The molecule has 2 rings (SSSR count). The Morgan fingerprint density at radius 2 is 1.94 bits per heavy atom. The molecule has 2 aliphatic heterocycles. The summed E-state index contributed by atoms with van der Waals surface area (Å²) in [5.74, 6) is 0.992. The summed E-state index contributed by atoms with van der Waals surface area (Å²) in [5.41, 5.74) is 0. The predicted octanol–water partition coefficient (Wildman–Crippen LogP) is 2.11. The topological polar surface area (TPSA) is 38.3 Å². The van der Waals surface area contributed by atoms with Crippen molar-refractivity contribution in [2.75, 3.05) is 6.61 Å². The summed E-state index contributed by atoms with van der Waals surface area (Å²) in [6.45, 7) is 4.70. The van der Waals surface area contributed by atoms with E-state index in [9.17, 15) is 4.79 Å². The molecule has 0 radical (unpaired) electrons. The molecule has 2 fully saturated rings. The summed E-state index contributed by atoms with van der Waals surface area (Å²) in [6.07, 6.45) is 5.53. The van der Waals surface area contributed by atoms with Gasteiger partial charge in [-0.1, -0.05) is 13.8 Å². The van der Waals surface area contributed by atoms with Gasteiger partial charge in [-0.15, -0.1) is 0 Å². The fourth-order valence-corrected chi connectivity index (χ4v) is 2.90. The SMILES string of the molecule is CC(C)COC(=O)CC1CC2CCC(C1)N2.